The molecule has 0 fully saturated rings. The third kappa shape index (κ3) is 2.57. The zero-order valence-electron chi connectivity index (χ0n) is 8.14. The molecule has 1 aromatic rings. The Labute approximate surface area is 107 Å². The lowest BCUT2D eigenvalue weighted by Crippen LogP contribution is -2.09. The zero-order chi connectivity index (χ0) is 12.3. The van der Waals surface area contributed by atoms with E-state index < -0.39 is 12.4 Å². The van der Waals surface area contributed by atoms with E-state index in [1.165, 1.54) is 13.3 Å². The van der Waals surface area contributed by atoms with Gasteiger partial charge in [-0.2, -0.15) is 0 Å². The molecule has 0 atom stereocenters. The maximum atomic E-state index is 12.8. The summed E-state index contributed by atoms with van der Waals surface area (Å²) in [7, 11) is 1.18. The van der Waals surface area contributed by atoms with Crippen molar-refractivity contribution in [3.63, 3.8) is 0 Å². The summed E-state index contributed by atoms with van der Waals surface area (Å²) in [6.45, 7) is 0. The average Bonchev–Trinajstić information content (AvgIpc) is 2.26. The van der Waals surface area contributed by atoms with Gasteiger partial charge in [0.2, 0.25) is 0 Å². The maximum Gasteiger partial charge on any atom is 0.339 e. The lowest BCUT2D eigenvalue weighted by Gasteiger charge is -2.11. The van der Waals surface area contributed by atoms with Crippen molar-refractivity contribution >= 4 is 37.8 Å². The summed E-state index contributed by atoms with van der Waals surface area (Å²) >= 11 is 6.00. The molecule has 0 spiro atoms. The fourth-order valence-electron chi connectivity index (χ4n) is 1.19. The molecule has 0 aliphatic rings. The number of aromatic nitrogens is 1. The van der Waals surface area contributed by atoms with Gasteiger partial charge in [0.05, 0.1) is 18.2 Å². The highest BCUT2D eigenvalue weighted by atomic mass is 79.9. The second-order valence-corrected chi connectivity index (χ2v) is 4.09. The molecular weight excluding hydrogens is 352 g/mol. The monoisotopic (exact) mass is 357 g/mol. The van der Waals surface area contributed by atoms with Crippen molar-refractivity contribution in [3.05, 3.63) is 27.5 Å². The summed E-state index contributed by atoms with van der Waals surface area (Å²) in [6, 6.07) is 0. The topological polar surface area (TPSA) is 39.2 Å². The summed E-state index contributed by atoms with van der Waals surface area (Å²) in [5.41, 5.74) is -0.0682. The minimum absolute atomic E-state index is 0.0320. The van der Waals surface area contributed by atoms with Crippen LogP contribution >= 0.6 is 31.9 Å². The number of pyridine rings is 1. The number of carbonyl (C=O) groups is 1. The molecule has 7 heteroatoms. The number of rotatable bonds is 3. The molecule has 0 unspecified atom stereocenters. The number of carbonyl (C=O) groups excluding carboxylic acids is 1. The molecule has 0 saturated carbocycles. The summed E-state index contributed by atoms with van der Waals surface area (Å²) in [6.07, 6.45) is -1.50. The minimum Gasteiger partial charge on any atom is -0.465 e. The Morgan fingerprint density at radius 2 is 2.25 bits per heavy atom. The van der Waals surface area contributed by atoms with Gasteiger partial charge in [-0.1, -0.05) is 15.9 Å². The molecule has 3 nitrogen and oxygen atoms in total. The van der Waals surface area contributed by atoms with Crippen molar-refractivity contribution in [3.8, 4) is 0 Å². The highest BCUT2D eigenvalue weighted by Gasteiger charge is 2.23. The number of hydrogen-bond acceptors (Lipinski definition) is 3. The lowest BCUT2D eigenvalue weighted by molar-refractivity contribution is 0.0598. The van der Waals surface area contributed by atoms with E-state index in [2.05, 4.69) is 41.6 Å². The average molecular weight is 359 g/mol. The third-order valence-electron chi connectivity index (χ3n) is 1.94. The van der Waals surface area contributed by atoms with E-state index in [1.54, 1.807) is 0 Å². The van der Waals surface area contributed by atoms with Crippen LogP contribution in [-0.4, -0.2) is 18.1 Å². The SMILES string of the molecule is COC(=O)c1cnc(Br)c(C(F)F)c1CBr. The van der Waals surface area contributed by atoms with Gasteiger partial charge >= 0.3 is 5.97 Å². The quantitative estimate of drug-likeness (QED) is 0.472. The van der Waals surface area contributed by atoms with Gasteiger partial charge in [-0.15, -0.1) is 0 Å². The van der Waals surface area contributed by atoms with E-state index in [1.807, 2.05) is 0 Å². The van der Waals surface area contributed by atoms with Crippen LogP contribution in [0.5, 0.6) is 0 Å². The number of methoxy groups -OCH3 is 1. The summed E-state index contributed by atoms with van der Waals surface area (Å²) in [5, 5.41) is 0.123. The lowest BCUT2D eigenvalue weighted by atomic mass is 10.1. The van der Waals surface area contributed by atoms with Crippen molar-refractivity contribution < 1.29 is 18.3 Å². The van der Waals surface area contributed by atoms with Gasteiger partial charge in [0.25, 0.3) is 6.43 Å². The summed E-state index contributed by atoms with van der Waals surface area (Å²) in [4.78, 5) is 15.0. The molecule has 0 bridgehead atoms. The van der Waals surface area contributed by atoms with Crippen molar-refractivity contribution in [2.75, 3.05) is 7.11 Å². The number of halogens is 4. The maximum absolute atomic E-state index is 12.8. The Kier molecular flexibility index (Phi) is 4.79. The van der Waals surface area contributed by atoms with E-state index in [0.717, 1.165) is 0 Å². The highest BCUT2D eigenvalue weighted by molar-refractivity contribution is 9.10. The number of esters is 1. The van der Waals surface area contributed by atoms with Gasteiger partial charge in [-0.25, -0.2) is 18.6 Å². The van der Waals surface area contributed by atoms with Crippen molar-refractivity contribution in [2.45, 2.75) is 11.8 Å². The first-order valence-corrected chi connectivity index (χ1v) is 6.04. The Bertz CT molecular complexity index is 413. The molecule has 0 aliphatic heterocycles. The minimum atomic E-state index is -2.71. The van der Waals surface area contributed by atoms with Gasteiger partial charge < -0.3 is 4.74 Å². The van der Waals surface area contributed by atoms with E-state index in [-0.39, 0.29) is 26.6 Å². The highest BCUT2D eigenvalue weighted by Crippen LogP contribution is 2.32. The second kappa shape index (κ2) is 5.67. The van der Waals surface area contributed by atoms with Crippen molar-refractivity contribution in [1.29, 1.82) is 0 Å². The van der Waals surface area contributed by atoms with E-state index in [4.69, 9.17) is 0 Å². The zero-order valence-corrected chi connectivity index (χ0v) is 11.3. The van der Waals surface area contributed by atoms with E-state index >= 15 is 0 Å². The first-order chi connectivity index (χ1) is 7.52. The standard InChI is InChI=1S/C9H7Br2F2NO2/c1-16-9(15)5-3-14-7(11)6(8(12)13)4(5)2-10/h3,8H,2H2,1H3. The van der Waals surface area contributed by atoms with Crippen molar-refractivity contribution in [1.82, 2.24) is 4.98 Å². The van der Waals surface area contributed by atoms with Gasteiger partial charge in [-0.05, 0) is 21.5 Å². The van der Waals surface area contributed by atoms with Gasteiger partial charge in [0, 0.05) is 11.5 Å². The third-order valence-corrected chi connectivity index (χ3v) is 3.13. The van der Waals surface area contributed by atoms with Crippen LogP contribution in [0.15, 0.2) is 10.8 Å². The van der Waals surface area contributed by atoms with Crippen LogP contribution in [0, 0.1) is 0 Å². The number of alkyl halides is 3. The molecule has 16 heavy (non-hydrogen) atoms. The van der Waals surface area contributed by atoms with Gasteiger partial charge in [-0.3, -0.25) is 0 Å². The predicted molar refractivity (Wildman–Crippen MR) is 60.9 cm³/mol. The molecule has 0 N–H and O–H groups in total. The molecule has 0 aliphatic carbocycles. The van der Waals surface area contributed by atoms with Crippen LogP contribution in [-0.2, 0) is 10.1 Å². The van der Waals surface area contributed by atoms with E-state index in [9.17, 15) is 13.6 Å². The first kappa shape index (κ1) is 13.5. The fourth-order valence-corrected chi connectivity index (χ4v) is 2.31. The number of nitrogens with zero attached hydrogens (tertiary/aromatic N) is 1. The van der Waals surface area contributed by atoms with E-state index in [0.29, 0.717) is 0 Å². The second-order valence-electron chi connectivity index (χ2n) is 2.78. The Morgan fingerprint density at radius 3 is 2.69 bits per heavy atom. The normalized spacial score (nSPS) is 10.6. The fraction of sp³-hybridized carbons (Fsp3) is 0.333. The molecule has 0 amide bonds. The molecule has 1 rings (SSSR count). The number of hydrogen-bond donors (Lipinski definition) is 0. The molecule has 88 valence electrons. The molecular formula is C9H7Br2F2NO2. The smallest absolute Gasteiger partial charge is 0.339 e. The van der Waals surface area contributed by atoms with Gasteiger partial charge in [0.1, 0.15) is 4.60 Å². The van der Waals surface area contributed by atoms with Crippen LogP contribution in [0.1, 0.15) is 27.9 Å². The Hall–Kier alpha value is -0.560. The Morgan fingerprint density at radius 1 is 1.62 bits per heavy atom. The molecule has 1 heterocycles. The predicted octanol–water partition coefficient (Wildman–Crippen LogP) is 3.46. The Balaban J connectivity index is 3.42. The van der Waals surface area contributed by atoms with Crippen LogP contribution in [0.3, 0.4) is 0 Å². The first-order valence-electron chi connectivity index (χ1n) is 4.12. The molecule has 0 radical (unpaired) electrons. The van der Waals surface area contributed by atoms with Gasteiger partial charge in [0.15, 0.2) is 0 Å². The summed E-state index contributed by atoms with van der Waals surface area (Å²) < 4.78 is 30.1. The number of ether oxygens (including phenoxy) is 1. The van der Waals surface area contributed by atoms with Crippen molar-refractivity contribution in [2.24, 2.45) is 0 Å². The van der Waals surface area contributed by atoms with Crippen LogP contribution in [0.25, 0.3) is 0 Å². The van der Waals surface area contributed by atoms with Crippen LogP contribution in [0.4, 0.5) is 8.78 Å². The molecule has 0 saturated heterocycles. The molecule has 0 aromatic carbocycles. The largest absolute Gasteiger partial charge is 0.465 e. The van der Waals surface area contributed by atoms with Crippen LogP contribution in [0.2, 0.25) is 0 Å². The van der Waals surface area contributed by atoms with Crippen LogP contribution < -0.4 is 0 Å². The molecule has 1 aromatic heterocycles. The summed E-state index contributed by atoms with van der Waals surface area (Å²) in [5.74, 6) is -0.684.